The van der Waals surface area contributed by atoms with Crippen LogP contribution >= 0.6 is 23.2 Å². The van der Waals surface area contributed by atoms with Gasteiger partial charge in [-0.1, -0.05) is 41.4 Å². The minimum absolute atomic E-state index is 0.0335. The molecular weight excluding hydrogens is 323 g/mol. The number of alkyl halides is 2. The van der Waals surface area contributed by atoms with Crippen LogP contribution in [0.1, 0.15) is 10.4 Å². The summed E-state index contributed by atoms with van der Waals surface area (Å²) < 4.78 is 28.9. The van der Waals surface area contributed by atoms with Crippen LogP contribution in [0.25, 0.3) is 0 Å². The van der Waals surface area contributed by atoms with Gasteiger partial charge in [0.2, 0.25) is 0 Å². The number of rotatable bonds is 4. The molecule has 21 heavy (non-hydrogen) atoms. The molecule has 0 saturated heterocycles. The van der Waals surface area contributed by atoms with E-state index in [2.05, 4.69) is 10.1 Å². The minimum Gasteiger partial charge on any atom is -0.434 e. The predicted octanol–water partition coefficient (Wildman–Crippen LogP) is 4.85. The molecule has 0 fully saturated rings. The average molecular weight is 332 g/mol. The van der Waals surface area contributed by atoms with E-state index in [0.717, 1.165) is 0 Å². The van der Waals surface area contributed by atoms with E-state index in [4.69, 9.17) is 23.2 Å². The number of anilines is 1. The van der Waals surface area contributed by atoms with Crippen molar-refractivity contribution < 1.29 is 18.3 Å². The van der Waals surface area contributed by atoms with Gasteiger partial charge in [-0.05, 0) is 24.3 Å². The Hall–Kier alpha value is -1.85. The van der Waals surface area contributed by atoms with Crippen molar-refractivity contribution in [1.82, 2.24) is 0 Å². The lowest BCUT2D eigenvalue weighted by atomic mass is 10.2. The molecule has 0 saturated carbocycles. The number of ether oxygens (including phenoxy) is 1. The van der Waals surface area contributed by atoms with Crippen LogP contribution in [0.5, 0.6) is 5.75 Å². The van der Waals surface area contributed by atoms with Gasteiger partial charge in [-0.25, -0.2) is 0 Å². The summed E-state index contributed by atoms with van der Waals surface area (Å²) in [6.45, 7) is -3.02. The summed E-state index contributed by atoms with van der Waals surface area (Å²) in [5.74, 6) is -0.849. The Bertz CT molecular complexity index is 665. The lowest BCUT2D eigenvalue weighted by Crippen LogP contribution is -2.15. The average Bonchev–Trinajstić information content (AvgIpc) is 2.44. The van der Waals surface area contributed by atoms with Crippen molar-refractivity contribution in [1.29, 1.82) is 0 Å². The molecular formula is C14H9Cl2F2NO2. The summed E-state index contributed by atoms with van der Waals surface area (Å²) in [6.07, 6.45) is 0. The van der Waals surface area contributed by atoms with Crippen molar-refractivity contribution >= 4 is 34.8 Å². The molecule has 0 bridgehead atoms. The van der Waals surface area contributed by atoms with Crippen molar-refractivity contribution in [3.8, 4) is 5.75 Å². The summed E-state index contributed by atoms with van der Waals surface area (Å²) >= 11 is 11.8. The van der Waals surface area contributed by atoms with Crippen molar-refractivity contribution in [2.24, 2.45) is 0 Å². The molecule has 0 aliphatic rings. The standard InChI is InChI=1S/C14H9Cl2F2NO2/c15-9-5-3-6-10(12(9)16)19-13(20)8-4-1-2-7-11(8)21-14(17)18/h1-7,14H,(H,19,20). The smallest absolute Gasteiger partial charge is 0.387 e. The quantitative estimate of drug-likeness (QED) is 0.869. The van der Waals surface area contributed by atoms with Gasteiger partial charge >= 0.3 is 6.61 Å². The molecule has 0 unspecified atom stereocenters. The topological polar surface area (TPSA) is 38.3 Å². The molecule has 2 rings (SSSR count). The molecule has 0 heterocycles. The minimum atomic E-state index is -3.02. The van der Waals surface area contributed by atoms with Crippen LogP contribution < -0.4 is 10.1 Å². The number of nitrogens with one attached hydrogen (secondary N) is 1. The fourth-order valence-corrected chi connectivity index (χ4v) is 1.99. The number of amides is 1. The Labute approximate surface area is 129 Å². The van der Waals surface area contributed by atoms with Crippen molar-refractivity contribution in [2.45, 2.75) is 6.61 Å². The second kappa shape index (κ2) is 6.74. The van der Waals surface area contributed by atoms with Gasteiger partial charge in [0.05, 0.1) is 21.3 Å². The number of carbonyl (C=O) groups is 1. The number of hydrogen-bond donors (Lipinski definition) is 1. The van der Waals surface area contributed by atoms with Gasteiger partial charge < -0.3 is 10.1 Å². The summed E-state index contributed by atoms with van der Waals surface area (Å²) in [5, 5.41) is 2.94. The van der Waals surface area contributed by atoms with Gasteiger partial charge in [-0.2, -0.15) is 8.78 Å². The van der Waals surface area contributed by atoms with Gasteiger partial charge in [-0.15, -0.1) is 0 Å². The summed E-state index contributed by atoms with van der Waals surface area (Å²) in [6, 6.07) is 10.4. The van der Waals surface area contributed by atoms with Gasteiger partial charge in [0.15, 0.2) is 0 Å². The Balaban J connectivity index is 2.27. The number of para-hydroxylation sites is 1. The van der Waals surface area contributed by atoms with Crippen molar-refractivity contribution in [3.63, 3.8) is 0 Å². The molecule has 0 aliphatic carbocycles. The molecule has 1 amide bonds. The molecule has 0 spiro atoms. The highest BCUT2D eigenvalue weighted by atomic mass is 35.5. The third-order valence-corrected chi connectivity index (χ3v) is 3.37. The molecule has 0 radical (unpaired) electrons. The van der Waals surface area contributed by atoms with Gasteiger partial charge in [0.1, 0.15) is 5.75 Å². The first kappa shape index (κ1) is 15.5. The number of carbonyl (C=O) groups excluding carboxylic acids is 1. The van der Waals surface area contributed by atoms with E-state index in [-0.39, 0.29) is 27.0 Å². The number of benzene rings is 2. The molecule has 0 aromatic heterocycles. The molecule has 3 nitrogen and oxygen atoms in total. The van der Waals surface area contributed by atoms with Crippen LogP contribution in [0.3, 0.4) is 0 Å². The van der Waals surface area contributed by atoms with Crippen LogP contribution in [-0.2, 0) is 0 Å². The first-order valence-electron chi connectivity index (χ1n) is 5.78. The Morgan fingerprint density at radius 1 is 1.10 bits per heavy atom. The third kappa shape index (κ3) is 3.83. The maximum absolute atomic E-state index is 12.3. The van der Waals surface area contributed by atoms with Gasteiger partial charge in [-0.3, -0.25) is 4.79 Å². The van der Waals surface area contributed by atoms with Crippen molar-refractivity contribution in [2.75, 3.05) is 5.32 Å². The maximum Gasteiger partial charge on any atom is 0.387 e. The first-order valence-corrected chi connectivity index (χ1v) is 6.54. The van der Waals surface area contributed by atoms with Gasteiger partial charge in [0.25, 0.3) is 5.91 Å². The van der Waals surface area contributed by atoms with E-state index in [9.17, 15) is 13.6 Å². The largest absolute Gasteiger partial charge is 0.434 e. The van der Waals surface area contributed by atoms with E-state index in [1.807, 2.05) is 0 Å². The van der Waals surface area contributed by atoms with E-state index >= 15 is 0 Å². The Morgan fingerprint density at radius 3 is 2.52 bits per heavy atom. The Morgan fingerprint density at radius 2 is 1.81 bits per heavy atom. The van der Waals surface area contributed by atoms with Crippen molar-refractivity contribution in [3.05, 3.63) is 58.1 Å². The first-order chi connectivity index (χ1) is 9.99. The molecule has 7 heteroatoms. The number of hydrogen-bond acceptors (Lipinski definition) is 2. The van der Waals surface area contributed by atoms with Gasteiger partial charge in [0, 0.05) is 0 Å². The van der Waals surface area contributed by atoms with E-state index < -0.39 is 12.5 Å². The maximum atomic E-state index is 12.3. The zero-order valence-electron chi connectivity index (χ0n) is 10.4. The monoisotopic (exact) mass is 331 g/mol. The lowest BCUT2D eigenvalue weighted by molar-refractivity contribution is -0.0501. The molecule has 0 aliphatic heterocycles. The second-order valence-corrected chi connectivity index (χ2v) is 4.72. The highest BCUT2D eigenvalue weighted by Crippen LogP contribution is 2.30. The summed E-state index contributed by atoms with van der Waals surface area (Å²) in [7, 11) is 0. The van der Waals surface area contributed by atoms with Crippen LogP contribution in [0.4, 0.5) is 14.5 Å². The summed E-state index contributed by atoms with van der Waals surface area (Å²) in [5.41, 5.74) is 0.245. The molecule has 2 aromatic rings. The van der Waals surface area contributed by atoms with Crippen LogP contribution in [-0.4, -0.2) is 12.5 Å². The third-order valence-electron chi connectivity index (χ3n) is 2.55. The fourth-order valence-electron chi connectivity index (χ4n) is 1.64. The second-order valence-electron chi connectivity index (χ2n) is 3.93. The highest BCUT2D eigenvalue weighted by Gasteiger charge is 2.16. The zero-order valence-corrected chi connectivity index (χ0v) is 12.0. The lowest BCUT2D eigenvalue weighted by Gasteiger charge is -2.12. The summed E-state index contributed by atoms with van der Waals surface area (Å²) in [4.78, 5) is 12.1. The van der Waals surface area contributed by atoms with Crippen LogP contribution in [0, 0.1) is 0 Å². The van der Waals surface area contributed by atoms with E-state index in [1.165, 1.54) is 24.3 Å². The molecule has 2 aromatic carbocycles. The SMILES string of the molecule is O=C(Nc1cccc(Cl)c1Cl)c1ccccc1OC(F)F. The molecule has 110 valence electrons. The molecule has 0 atom stereocenters. The van der Waals surface area contributed by atoms with Crippen LogP contribution in [0.15, 0.2) is 42.5 Å². The van der Waals surface area contributed by atoms with Crippen LogP contribution in [0.2, 0.25) is 10.0 Å². The normalized spacial score (nSPS) is 10.5. The highest BCUT2D eigenvalue weighted by molar-refractivity contribution is 6.44. The van der Waals surface area contributed by atoms with E-state index in [1.54, 1.807) is 18.2 Å². The van der Waals surface area contributed by atoms with E-state index in [0.29, 0.717) is 0 Å². The number of halogens is 4. The Kier molecular flexibility index (Phi) is 4.98. The fraction of sp³-hybridized carbons (Fsp3) is 0.0714. The molecule has 1 N–H and O–H groups in total. The zero-order chi connectivity index (χ0) is 15.4. The predicted molar refractivity (Wildman–Crippen MR) is 77.5 cm³/mol.